The third-order valence-corrected chi connectivity index (χ3v) is 5.53. The first-order chi connectivity index (χ1) is 9.12. The maximum absolute atomic E-state index is 12.3. The van der Waals surface area contributed by atoms with Gasteiger partial charge in [-0.15, -0.1) is 0 Å². The lowest BCUT2D eigenvalue weighted by atomic mass is 10.1. The molecule has 3 N–H and O–H groups in total. The number of rotatable bonds is 4. The Bertz CT molecular complexity index is 556. The summed E-state index contributed by atoms with van der Waals surface area (Å²) < 4.78 is 27.4. The van der Waals surface area contributed by atoms with Crippen LogP contribution in [0.2, 0.25) is 0 Å². The topological polar surface area (TPSA) is 98.3 Å². The van der Waals surface area contributed by atoms with Gasteiger partial charge in [0, 0.05) is 24.2 Å². The highest BCUT2D eigenvalue weighted by molar-refractivity contribution is 7.89. The van der Waals surface area contributed by atoms with Gasteiger partial charge < -0.3 is 5.11 Å². The number of nitrogens with one attached hydrogen (secondary N) is 2. The van der Waals surface area contributed by atoms with Gasteiger partial charge in [0.25, 0.3) is 10.0 Å². The average molecular weight is 286 g/mol. The molecular weight excluding hydrogens is 268 g/mol. The van der Waals surface area contributed by atoms with Gasteiger partial charge in [-0.05, 0) is 25.8 Å². The minimum Gasteiger partial charge on any atom is -0.392 e. The Morgan fingerprint density at radius 3 is 3.11 bits per heavy atom. The average Bonchev–Trinajstić information content (AvgIpc) is 3.05. The van der Waals surface area contributed by atoms with Crippen LogP contribution in [0.5, 0.6) is 0 Å². The maximum atomic E-state index is 12.3. The molecule has 19 heavy (non-hydrogen) atoms. The molecule has 1 aromatic heterocycles. The number of aliphatic hydroxyl groups excluding tert-OH is 1. The fourth-order valence-electron chi connectivity index (χ4n) is 3.12. The number of aromatic amines is 1. The van der Waals surface area contributed by atoms with Crippen LogP contribution in [0.15, 0.2) is 11.2 Å². The fourth-order valence-corrected chi connectivity index (χ4v) is 4.55. The van der Waals surface area contributed by atoms with Crippen LogP contribution in [0.4, 0.5) is 0 Å². The minimum absolute atomic E-state index is 0.0218. The van der Waals surface area contributed by atoms with Crippen LogP contribution >= 0.6 is 0 Å². The van der Waals surface area contributed by atoms with E-state index in [-0.39, 0.29) is 17.7 Å². The van der Waals surface area contributed by atoms with Gasteiger partial charge in [-0.3, -0.25) is 10.00 Å². The number of nitrogens with zero attached hydrogens (tertiary/aromatic N) is 2. The van der Waals surface area contributed by atoms with Gasteiger partial charge in [0.2, 0.25) is 0 Å². The van der Waals surface area contributed by atoms with E-state index >= 15 is 0 Å². The lowest BCUT2D eigenvalue weighted by molar-refractivity contribution is 0.278. The molecule has 2 saturated heterocycles. The van der Waals surface area contributed by atoms with Gasteiger partial charge >= 0.3 is 0 Å². The lowest BCUT2D eigenvalue weighted by Crippen LogP contribution is -2.42. The number of hydrogen-bond donors (Lipinski definition) is 3. The van der Waals surface area contributed by atoms with Crippen LogP contribution in [-0.2, 0) is 16.6 Å². The molecule has 0 aliphatic carbocycles. The normalized spacial score (nSPS) is 27.8. The number of aliphatic hydroxyl groups is 1. The van der Waals surface area contributed by atoms with Crippen molar-refractivity contribution in [3.8, 4) is 0 Å². The molecule has 0 amide bonds. The van der Waals surface area contributed by atoms with Gasteiger partial charge in [-0.1, -0.05) is 0 Å². The molecule has 1 aromatic rings. The molecule has 0 saturated carbocycles. The number of fused-ring (bicyclic) bond motifs is 1. The Balaban J connectivity index is 1.79. The summed E-state index contributed by atoms with van der Waals surface area (Å²) in [5.41, 5.74) is 0.300. The second-order valence-corrected chi connectivity index (χ2v) is 6.80. The zero-order valence-electron chi connectivity index (χ0n) is 10.5. The van der Waals surface area contributed by atoms with Crippen molar-refractivity contribution < 1.29 is 13.5 Å². The maximum Gasteiger partial charge on any atom is 0.258 e. The summed E-state index contributed by atoms with van der Waals surface area (Å²) >= 11 is 0. The summed E-state index contributed by atoms with van der Waals surface area (Å²) in [4.78, 5) is 2.34. The SMILES string of the molecule is O=S(=O)(NC1CCN2CCCC12)c1[nH]ncc1CO. The first-order valence-corrected chi connectivity index (χ1v) is 7.99. The van der Waals surface area contributed by atoms with E-state index in [1.807, 2.05) is 0 Å². The second kappa shape index (κ2) is 4.86. The van der Waals surface area contributed by atoms with Crippen LogP contribution in [0, 0.1) is 0 Å². The molecule has 2 atom stereocenters. The Morgan fingerprint density at radius 2 is 2.32 bits per heavy atom. The largest absolute Gasteiger partial charge is 0.392 e. The van der Waals surface area contributed by atoms with E-state index in [1.54, 1.807) is 0 Å². The number of hydrogen-bond acceptors (Lipinski definition) is 5. The van der Waals surface area contributed by atoms with E-state index < -0.39 is 10.0 Å². The van der Waals surface area contributed by atoms with Crippen molar-refractivity contribution in [2.45, 2.75) is 43.0 Å². The molecule has 8 heteroatoms. The Hall–Kier alpha value is -0.960. The van der Waals surface area contributed by atoms with E-state index in [0.29, 0.717) is 11.6 Å². The van der Waals surface area contributed by atoms with Crippen molar-refractivity contribution in [1.29, 1.82) is 0 Å². The molecule has 0 bridgehead atoms. The van der Waals surface area contributed by atoms with Crippen LogP contribution in [0.25, 0.3) is 0 Å². The van der Waals surface area contributed by atoms with E-state index in [4.69, 9.17) is 5.11 Å². The van der Waals surface area contributed by atoms with Crippen molar-refractivity contribution in [2.24, 2.45) is 0 Å². The summed E-state index contributed by atoms with van der Waals surface area (Å²) in [7, 11) is -3.64. The molecule has 2 unspecified atom stereocenters. The zero-order chi connectivity index (χ0) is 13.5. The molecule has 3 heterocycles. The van der Waals surface area contributed by atoms with Crippen molar-refractivity contribution in [3.63, 3.8) is 0 Å². The van der Waals surface area contributed by atoms with Gasteiger partial charge in [-0.2, -0.15) is 5.10 Å². The summed E-state index contributed by atoms with van der Waals surface area (Å²) in [6.45, 7) is 1.68. The van der Waals surface area contributed by atoms with E-state index in [0.717, 1.165) is 32.4 Å². The summed E-state index contributed by atoms with van der Waals surface area (Å²) in [6.07, 6.45) is 4.36. The predicted molar refractivity (Wildman–Crippen MR) is 67.8 cm³/mol. The monoisotopic (exact) mass is 286 g/mol. The van der Waals surface area contributed by atoms with E-state index in [2.05, 4.69) is 19.8 Å². The Labute approximate surface area is 112 Å². The molecule has 2 fully saturated rings. The third-order valence-electron chi connectivity index (χ3n) is 4.03. The minimum atomic E-state index is -3.64. The second-order valence-electron chi connectivity index (χ2n) is 5.14. The van der Waals surface area contributed by atoms with E-state index in [1.165, 1.54) is 6.20 Å². The van der Waals surface area contributed by atoms with Gasteiger partial charge in [0.1, 0.15) is 0 Å². The first kappa shape index (κ1) is 13.0. The van der Waals surface area contributed by atoms with Crippen LogP contribution in [-0.4, -0.2) is 53.8 Å². The van der Waals surface area contributed by atoms with Crippen LogP contribution in [0.3, 0.4) is 0 Å². The molecular formula is C11H18N4O3S. The number of aromatic nitrogens is 2. The summed E-state index contributed by atoms with van der Waals surface area (Å²) in [6, 6.07) is 0.276. The predicted octanol–water partition coefficient (Wildman–Crippen LogP) is -0.583. The molecule has 0 spiro atoms. The van der Waals surface area contributed by atoms with Crippen LogP contribution < -0.4 is 4.72 Å². The Morgan fingerprint density at radius 1 is 1.47 bits per heavy atom. The van der Waals surface area contributed by atoms with Crippen molar-refractivity contribution >= 4 is 10.0 Å². The first-order valence-electron chi connectivity index (χ1n) is 6.51. The zero-order valence-corrected chi connectivity index (χ0v) is 11.4. The Kier molecular flexibility index (Phi) is 3.34. The van der Waals surface area contributed by atoms with Gasteiger partial charge in [-0.25, -0.2) is 13.1 Å². The molecule has 106 valence electrons. The molecule has 7 nitrogen and oxygen atoms in total. The lowest BCUT2D eigenvalue weighted by Gasteiger charge is -2.20. The molecule has 2 aliphatic heterocycles. The highest BCUT2D eigenvalue weighted by Gasteiger charge is 2.39. The van der Waals surface area contributed by atoms with Crippen molar-refractivity contribution in [3.05, 3.63) is 11.8 Å². The highest BCUT2D eigenvalue weighted by atomic mass is 32.2. The fraction of sp³-hybridized carbons (Fsp3) is 0.727. The summed E-state index contributed by atoms with van der Waals surface area (Å²) in [5.74, 6) is 0. The standard InChI is InChI=1S/C11H18N4O3S/c16-7-8-6-12-13-11(8)19(17,18)14-9-3-5-15-4-1-2-10(9)15/h6,9-10,14,16H,1-5,7H2,(H,12,13). The summed E-state index contributed by atoms with van der Waals surface area (Å²) in [5, 5.41) is 15.2. The van der Waals surface area contributed by atoms with Crippen LogP contribution in [0.1, 0.15) is 24.8 Å². The van der Waals surface area contributed by atoms with Crippen molar-refractivity contribution in [2.75, 3.05) is 13.1 Å². The van der Waals surface area contributed by atoms with Crippen molar-refractivity contribution in [1.82, 2.24) is 19.8 Å². The molecule has 2 aliphatic rings. The highest BCUT2D eigenvalue weighted by Crippen LogP contribution is 2.29. The number of H-pyrrole nitrogens is 1. The quantitative estimate of drug-likeness (QED) is 0.687. The molecule has 0 radical (unpaired) electrons. The molecule has 0 aromatic carbocycles. The van der Waals surface area contributed by atoms with E-state index in [9.17, 15) is 8.42 Å². The number of sulfonamides is 1. The third kappa shape index (κ3) is 2.29. The van der Waals surface area contributed by atoms with Gasteiger partial charge in [0.15, 0.2) is 5.03 Å². The molecule has 3 rings (SSSR count). The van der Waals surface area contributed by atoms with Gasteiger partial charge in [0.05, 0.1) is 12.8 Å². The smallest absolute Gasteiger partial charge is 0.258 e.